The van der Waals surface area contributed by atoms with Crippen molar-refractivity contribution in [1.29, 1.82) is 0 Å². The number of hydrogen-bond acceptors (Lipinski definition) is 2. The molecule has 0 bridgehead atoms. The molecule has 0 aliphatic rings. The lowest BCUT2D eigenvalue weighted by Crippen LogP contribution is -1.84. The van der Waals surface area contributed by atoms with Crippen LogP contribution in [-0.2, 0) is 0 Å². The van der Waals surface area contributed by atoms with Crippen LogP contribution in [0.2, 0.25) is 0 Å². The van der Waals surface area contributed by atoms with E-state index < -0.39 is 0 Å². The van der Waals surface area contributed by atoms with Crippen LogP contribution in [0, 0.1) is 0 Å². The summed E-state index contributed by atoms with van der Waals surface area (Å²) in [6, 6.07) is 29.3. The van der Waals surface area contributed by atoms with E-state index in [1.54, 1.807) is 11.5 Å². The first kappa shape index (κ1) is 15.3. The summed E-state index contributed by atoms with van der Waals surface area (Å²) in [7, 11) is 0. The monoisotopic (exact) mass is 391 g/mol. The SMILES string of the molecule is Brc1ccc(-c2nsc(-c3ccccc3)c2-c2ccccc2)cc1. The van der Waals surface area contributed by atoms with Gasteiger partial charge in [-0.1, -0.05) is 88.7 Å². The number of nitrogens with zero attached hydrogens (tertiary/aromatic N) is 1. The van der Waals surface area contributed by atoms with Gasteiger partial charge in [-0.3, -0.25) is 0 Å². The van der Waals surface area contributed by atoms with Crippen LogP contribution in [0.5, 0.6) is 0 Å². The minimum atomic E-state index is 1.04. The van der Waals surface area contributed by atoms with Crippen LogP contribution in [0.3, 0.4) is 0 Å². The van der Waals surface area contributed by atoms with Crippen molar-refractivity contribution in [3.63, 3.8) is 0 Å². The standard InChI is InChI=1S/C21H14BrNS/c22-18-13-11-16(12-14-18)20-19(15-7-3-1-4-8-15)21(24-23-20)17-9-5-2-6-10-17/h1-14H. The van der Waals surface area contributed by atoms with Gasteiger partial charge in [0.25, 0.3) is 0 Å². The zero-order valence-electron chi connectivity index (χ0n) is 12.8. The summed E-state index contributed by atoms with van der Waals surface area (Å²) >= 11 is 5.07. The summed E-state index contributed by atoms with van der Waals surface area (Å²) in [5.41, 5.74) is 5.78. The minimum absolute atomic E-state index is 1.04. The molecule has 0 spiro atoms. The summed E-state index contributed by atoms with van der Waals surface area (Å²) in [5, 5.41) is 0. The highest BCUT2D eigenvalue weighted by Gasteiger charge is 2.18. The van der Waals surface area contributed by atoms with Crippen LogP contribution in [0.15, 0.2) is 89.4 Å². The van der Waals surface area contributed by atoms with Crippen LogP contribution in [0.4, 0.5) is 0 Å². The Morgan fingerprint density at radius 3 is 1.83 bits per heavy atom. The van der Waals surface area contributed by atoms with Crippen LogP contribution in [0.25, 0.3) is 32.8 Å². The number of halogens is 1. The van der Waals surface area contributed by atoms with Crippen molar-refractivity contribution in [2.24, 2.45) is 0 Å². The summed E-state index contributed by atoms with van der Waals surface area (Å²) in [6.45, 7) is 0. The molecule has 24 heavy (non-hydrogen) atoms. The van der Waals surface area contributed by atoms with Gasteiger partial charge in [0.15, 0.2) is 0 Å². The van der Waals surface area contributed by atoms with Crippen LogP contribution >= 0.6 is 27.5 Å². The average molecular weight is 392 g/mol. The molecule has 0 aliphatic heterocycles. The van der Waals surface area contributed by atoms with E-state index in [1.165, 1.54) is 21.6 Å². The van der Waals surface area contributed by atoms with E-state index in [0.29, 0.717) is 0 Å². The number of benzene rings is 3. The van der Waals surface area contributed by atoms with Gasteiger partial charge in [-0.2, -0.15) is 4.37 Å². The maximum Gasteiger partial charge on any atom is 0.0925 e. The van der Waals surface area contributed by atoms with Crippen molar-refractivity contribution in [1.82, 2.24) is 4.37 Å². The number of rotatable bonds is 3. The summed E-state index contributed by atoms with van der Waals surface area (Å²) in [5.74, 6) is 0. The molecule has 0 atom stereocenters. The molecule has 1 nitrogen and oxygen atoms in total. The third-order valence-electron chi connectivity index (χ3n) is 3.91. The van der Waals surface area contributed by atoms with E-state index in [0.717, 1.165) is 15.7 Å². The fourth-order valence-corrected chi connectivity index (χ4v) is 3.95. The van der Waals surface area contributed by atoms with Crippen molar-refractivity contribution >= 4 is 27.5 Å². The van der Waals surface area contributed by atoms with Crippen molar-refractivity contribution in [2.75, 3.05) is 0 Å². The van der Waals surface area contributed by atoms with E-state index in [2.05, 4.69) is 88.7 Å². The third-order valence-corrected chi connectivity index (χ3v) is 5.33. The van der Waals surface area contributed by atoms with Gasteiger partial charge in [0.1, 0.15) is 0 Å². The van der Waals surface area contributed by atoms with Crippen molar-refractivity contribution in [3.05, 3.63) is 89.4 Å². The normalized spacial score (nSPS) is 10.7. The smallest absolute Gasteiger partial charge is 0.0925 e. The minimum Gasteiger partial charge on any atom is -0.191 e. The molecule has 116 valence electrons. The maximum absolute atomic E-state index is 4.80. The molecule has 0 saturated heterocycles. The molecule has 4 rings (SSSR count). The molecule has 1 heterocycles. The van der Waals surface area contributed by atoms with E-state index in [-0.39, 0.29) is 0 Å². The van der Waals surface area contributed by atoms with E-state index >= 15 is 0 Å². The quantitative estimate of drug-likeness (QED) is 0.369. The zero-order chi connectivity index (χ0) is 16.4. The van der Waals surface area contributed by atoms with Gasteiger partial charge in [0.2, 0.25) is 0 Å². The molecule has 0 radical (unpaired) electrons. The molecule has 0 saturated carbocycles. The largest absolute Gasteiger partial charge is 0.191 e. The van der Waals surface area contributed by atoms with Gasteiger partial charge in [0.05, 0.1) is 10.6 Å². The molecule has 3 heteroatoms. The molecule has 0 amide bonds. The Labute approximate surface area is 153 Å². The summed E-state index contributed by atoms with van der Waals surface area (Å²) in [6.07, 6.45) is 0. The highest BCUT2D eigenvalue weighted by Crippen LogP contribution is 2.42. The molecule has 0 N–H and O–H groups in total. The molecule has 3 aromatic carbocycles. The Morgan fingerprint density at radius 2 is 1.21 bits per heavy atom. The Bertz CT molecular complexity index is 944. The first-order chi connectivity index (χ1) is 11.8. The zero-order valence-corrected chi connectivity index (χ0v) is 15.2. The van der Waals surface area contributed by atoms with E-state index in [1.807, 2.05) is 12.1 Å². The molecule has 0 unspecified atom stereocenters. The topological polar surface area (TPSA) is 12.9 Å². The second-order valence-corrected chi connectivity index (χ2v) is 7.16. The highest BCUT2D eigenvalue weighted by atomic mass is 79.9. The van der Waals surface area contributed by atoms with Gasteiger partial charge in [-0.05, 0) is 34.8 Å². The molecular weight excluding hydrogens is 378 g/mol. The van der Waals surface area contributed by atoms with Gasteiger partial charge in [-0.25, -0.2) is 0 Å². The summed E-state index contributed by atoms with van der Waals surface area (Å²) in [4.78, 5) is 1.21. The lowest BCUT2D eigenvalue weighted by molar-refractivity contribution is 1.50. The first-order valence-corrected chi connectivity index (χ1v) is 9.26. The van der Waals surface area contributed by atoms with Crippen LogP contribution in [0.1, 0.15) is 0 Å². The Balaban J connectivity index is 1.95. The Morgan fingerprint density at radius 1 is 0.625 bits per heavy atom. The van der Waals surface area contributed by atoms with Gasteiger partial charge < -0.3 is 0 Å². The van der Waals surface area contributed by atoms with Crippen LogP contribution < -0.4 is 0 Å². The first-order valence-electron chi connectivity index (χ1n) is 7.69. The van der Waals surface area contributed by atoms with Gasteiger partial charge in [-0.15, -0.1) is 0 Å². The van der Waals surface area contributed by atoms with Crippen molar-refractivity contribution in [2.45, 2.75) is 0 Å². The Hall–Kier alpha value is -2.23. The molecule has 1 aromatic heterocycles. The summed E-state index contributed by atoms with van der Waals surface area (Å²) < 4.78 is 5.87. The fraction of sp³-hybridized carbons (Fsp3) is 0. The lowest BCUT2D eigenvalue weighted by Gasteiger charge is -2.07. The number of hydrogen-bond donors (Lipinski definition) is 0. The molecule has 0 aliphatic carbocycles. The fourth-order valence-electron chi connectivity index (χ4n) is 2.75. The van der Waals surface area contributed by atoms with Crippen molar-refractivity contribution < 1.29 is 0 Å². The average Bonchev–Trinajstić information content (AvgIpc) is 3.09. The second-order valence-electron chi connectivity index (χ2n) is 5.47. The maximum atomic E-state index is 4.80. The van der Waals surface area contributed by atoms with Gasteiger partial charge >= 0.3 is 0 Å². The van der Waals surface area contributed by atoms with Crippen molar-refractivity contribution in [3.8, 4) is 32.8 Å². The lowest BCUT2D eigenvalue weighted by atomic mass is 9.97. The predicted octanol–water partition coefficient (Wildman–Crippen LogP) is 6.91. The molecule has 0 fully saturated rings. The van der Waals surface area contributed by atoms with Crippen LogP contribution in [-0.4, -0.2) is 4.37 Å². The van der Waals surface area contributed by atoms with Gasteiger partial charge in [0, 0.05) is 15.6 Å². The Kier molecular flexibility index (Phi) is 4.28. The molecule has 4 aromatic rings. The van der Waals surface area contributed by atoms with E-state index in [4.69, 9.17) is 4.37 Å². The predicted molar refractivity (Wildman–Crippen MR) is 106 cm³/mol. The second kappa shape index (κ2) is 6.71. The number of aromatic nitrogens is 1. The third kappa shape index (κ3) is 2.93. The molecular formula is C21H14BrNS. The van der Waals surface area contributed by atoms with E-state index in [9.17, 15) is 0 Å². The highest BCUT2D eigenvalue weighted by molar-refractivity contribution is 9.10.